The van der Waals surface area contributed by atoms with Gasteiger partial charge in [-0.3, -0.25) is 4.79 Å². The summed E-state index contributed by atoms with van der Waals surface area (Å²) >= 11 is 7.01. The number of ether oxygens (including phenoxy) is 2. The first-order chi connectivity index (χ1) is 17.7. The van der Waals surface area contributed by atoms with E-state index in [4.69, 9.17) is 29.9 Å². The molecule has 1 aromatic rings. The SMILES string of the molecule is C[C@@H]1C[C@@H]2O[C@@H]2CCC=CC(=O)Cc2c(Cl)c(O[Si](C)(C)C(C)(C)C)cc(O[Si](C)(C)C(C)(C)C)c2C(=O)O1. The summed E-state index contributed by atoms with van der Waals surface area (Å²) in [4.78, 5) is 27.0. The molecule has 0 aromatic heterocycles. The van der Waals surface area contributed by atoms with E-state index in [0.717, 1.165) is 12.8 Å². The fourth-order valence-corrected chi connectivity index (χ4v) is 6.38. The van der Waals surface area contributed by atoms with E-state index >= 15 is 0 Å². The molecule has 218 valence electrons. The van der Waals surface area contributed by atoms with Gasteiger partial charge in [0.25, 0.3) is 16.6 Å². The molecule has 0 N–H and O–H groups in total. The lowest BCUT2D eigenvalue weighted by Gasteiger charge is -2.39. The summed E-state index contributed by atoms with van der Waals surface area (Å²) in [7, 11) is -4.72. The number of cyclic esters (lactones) is 1. The number of hydrogen-bond acceptors (Lipinski definition) is 6. The van der Waals surface area contributed by atoms with Gasteiger partial charge in [-0.1, -0.05) is 59.2 Å². The Labute approximate surface area is 242 Å². The molecule has 0 aliphatic carbocycles. The van der Waals surface area contributed by atoms with Crippen LogP contribution < -0.4 is 8.85 Å². The lowest BCUT2D eigenvalue weighted by atomic mass is 9.99. The summed E-state index contributed by atoms with van der Waals surface area (Å²) in [6.45, 7) is 23.3. The van der Waals surface area contributed by atoms with Gasteiger partial charge in [0.2, 0.25) is 0 Å². The average Bonchev–Trinajstić information content (AvgIpc) is 3.49. The number of halogens is 1. The Morgan fingerprint density at radius 1 is 0.923 bits per heavy atom. The third-order valence-corrected chi connectivity index (χ3v) is 17.8. The van der Waals surface area contributed by atoms with E-state index in [9.17, 15) is 9.59 Å². The highest BCUT2D eigenvalue weighted by Crippen LogP contribution is 2.46. The normalized spacial score (nSPS) is 23.3. The van der Waals surface area contributed by atoms with Gasteiger partial charge in [-0.25, -0.2) is 4.79 Å². The zero-order valence-corrected chi connectivity index (χ0v) is 28.4. The monoisotopic (exact) mass is 594 g/mol. The van der Waals surface area contributed by atoms with Crippen LogP contribution in [0.25, 0.3) is 0 Å². The minimum absolute atomic E-state index is 0.0563. The van der Waals surface area contributed by atoms with E-state index in [1.54, 1.807) is 12.1 Å². The minimum atomic E-state index is -2.41. The third-order valence-electron chi connectivity index (χ3n) is 8.67. The smallest absolute Gasteiger partial charge is 0.342 e. The molecule has 3 rings (SSSR count). The van der Waals surface area contributed by atoms with Crippen molar-refractivity contribution in [3.63, 3.8) is 0 Å². The maximum absolute atomic E-state index is 13.8. The van der Waals surface area contributed by atoms with Crippen molar-refractivity contribution in [1.29, 1.82) is 0 Å². The number of fused-ring (bicyclic) bond motifs is 2. The highest BCUT2D eigenvalue weighted by Gasteiger charge is 2.43. The second-order valence-corrected chi connectivity index (χ2v) is 23.9. The van der Waals surface area contributed by atoms with Crippen LogP contribution in [0, 0.1) is 0 Å². The van der Waals surface area contributed by atoms with Gasteiger partial charge in [-0.2, -0.15) is 0 Å². The van der Waals surface area contributed by atoms with E-state index in [1.807, 2.05) is 13.0 Å². The second kappa shape index (κ2) is 11.3. The highest BCUT2D eigenvalue weighted by molar-refractivity contribution is 6.75. The fraction of sp³-hybridized carbons (Fsp3) is 0.667. The van der Waals surface area contributed by atoms with Gasteiger partial charge in [0.15, 0.2) is 5.78 Å². The molecule has 0 spiro atoms. The van der Waals surface area contributed by atoms with Gasteiger partial charge in [0, 0.05) is 24.5 Å². The number of epoxide rings is 1. The number of rotatable bonds is 4. The summed E-state index contributed by atoms with van der Waals surface area (Å²) in [5, 5.41) is 0.0516. The van der Waals surface area contributed by atoms with E-state index in [1.165, 1.54) is 0 Å². The van der Waals surface area contributed by atoms with Crippen LogP contribution in [0.5, 0.6) is 11.5 Å². The summed E-state index contributed by atoms with van der Waals surface area (Å²) in [6.07, 6.45) is 5.44. The number of hydrogen-bond donors (Lipinski definition) is 0. The Morgan fingerprint density at radius 2 is 1.49 bits per heavy atom. The van der Waals surface area contributed by atoms with Crippen LogP contribution in [-0.2, 0) is 20.7 Å². The van der Waals surface area contributed by atoms with Crippen LogP contribution in [0.15, 0.2) is 18.2 Å². The Morgan fingerprint density at radius 3 is 2.05 bits per heavy atom. The van der Waals surface area contributed by atoms with Crippen LogP contribution in [0.4, 0.5) is 0 Å². The number of carbonyl (C=O) groups excluding carboxylic acids is 2. The van der Waals surface area contributed by atoms with E-state index in [-0.39, 0.29) is 51.2 Å². The molecule has 0 saturated carbocycles. The van der Waals surface area contributed by atoms with Crippen molar-refractivity contribution in [2.45, 2.75) is 129 Å². The summed E-state index contributed by atoms with van der Waals surface area (Å²) in [6, 6.07) is 1.75. The standard InChI is InChI=1S/C30H47ClO6Si2/c1-19-16-23-22(35-23)15-13-12-14-20(32)17-21-26(28(33)34-19)24(36-38(8,9)29(2,3)4)18-25(27(21)31)37-39(10,11)30(5,6)7/h12,14,18-19,22-23H,13,15-17H2,1-11H3/t19-,22-,23+/m1/s1. The number of benzene rings is 1. The van der Waals surface area contributed by atoms with Crippen molar-refractivity contribution in [3.8, 4) is 11.5 Å². The molecule has 1 fully saturated rings. The van der Waals surface area contributed by atoms with E-state index < -0.39 is 22.6 Å². The van der Waals surface area contributed by atoms with E-state index in [0.29, 0.717) is 23.5 Å². The Bertz CT molecular complexity index is 1130. The zero-order valence-electron chi connectivity index (χ0n) is 25.6. The van der Waals surface area contributed by atoms with Crippen molar-refractivity contribution < 1.29 is 27.9 Å². The molecule has 9 heteroatoms. The maximum Gasteiger partial charge on any atom is 0.342 e. The van der Waals surface area contributed by atoms with Gasteiger partial charge >= 0.3 is 5.97 Å². The second-order valence-electron chi connectivity index (χ2n) is 14.1. The van der Waals surface area contributed by atoms with Gasteiger partial charge in [-0.15, -0.1) is 0 Å². The van der Waals surface area contributed by atoms with Crippen molar-refractivity contribution in [2.75, 3.05) is 0 Å². The Balaban J connectivity index is 2.22. The molecule has 2 heterocycles. The number of ketones is 1. The predicted molar refractivity (Wildman–Crippen MR) is 162 cm³/mol. The number of carbonyl (C=O) groups is 2. The van der Waals surface area contributed by atoms with Gasteiger partial charge in [-0.05, 0) is 62.1 Å². The topological polar surface area (TPSA) is 74.4 Å². The molecular formula is C30H47ClO6Si2. The van der Waals surface area contributed by atoms with Crippen molar-refractivity contribution in [3.05, 3.63) is 34.4 Å². The zero-order chi connectivity index (χ0) is 29.6. The number of allylic oxidation sites excluding steroid dienone is 2. The molecule has 0 radical (unpaired) electrons. The predicted octanol–water partition coefficient (Wildman–Crippen LogP) is 8.27. The summed E-state index contributed by atoms with van der Waals surface area (Å²) in [5.74, 6) is 0.130. The number of esters is 1. The average molecular weight is 595 g/mol. The first-order valence-corrected chi connectivity index (χ1v) is 20.2. The lowest BCUT2D eigenvalue weighted by molar-refractivity contribution is -0.114. The van der Waals surface area contributed by atoms with Gasteiger partial charge in [0.1, 0.15) is 23.2 Å². The first kappa shape index (κ1) is 31.9. The summed E-state index contributed by atoms with van der Waals surface area (Å²) < 4.78 is 25.1. The Kier molecular flexibility index (Phi) is 9.28. The van der Waals surface area contributed by atoms with E-state index in [2.05, 4.69) is 67.7 Å². The quantitative estimate of drug-likeness (QED) is 0.198. The third kappa shape index (κ3) is 7.57. The van der Waals surface area contributed by atoms with Crippen LogP contribution in [0.2, 0.25) is 41.3 Å². The maximum atomic E-state index is 13.8. The van der Waals surface area contributed by atoms with Crippen molar-refractivity contribution >= 4 is 40.0 Å². The van der Waals surface area contributed by atoms with Crippen LogP contribution >= 0.6 is 11.6 Å². The van der Waals surface area contributed by atoms with Gasteiger partial charge in [0.05, 0.1) is 17.2 Å². The lowest BCUT2D eigenvalue weighted by Crippen LogP contribution is -2.45. The fourth-order valence-electron chi connectivity index (χ4n) is 4.03. The molecule has 3 atom stereocenters. The molecule has 2 aliphatic heterocycles. The largest absolute Gasteiger partial charge is 0.543 e. The molecule has 1 aromatic carbocycles. The molecule has 0 amide bonds. The molecule has 1 saturated heterocycles. The first-order valence-electron chi connectivity index (χ1n) is 14.0. The van der Waals surface area contributed by atoms with Crippen molar-refractivity contribution in [1.82, 2.24) is 0 Å². The minimum Gasteiger partial charge on any atom is -0.543 e. The molecule has 0 unspecified atom stereocenters. The molecule has 6 nitrogen and oxygen atoms in total. The van der Waals surface area contributed by atoms with Crippen LogP contribution in [0.1, 0.15) is 83.7 Å². The van der Waals surface area contributed by atoms with Gasteiger partial charge < -0.3 is 18.3 Å². The molecule has 39 heavy (non-hydrogen) atoms. The molecular weight excluding hydrogens is 548 g/mol. The van der Waals surface area contributed by atoms with Crippen LogP contribution in [0.3, 0.4) is 0 Å². The Hall–Kier alpha value is -1.62. The van der Waals surface area contributed by atoms with Crippen molar-refractivity contribution in [2.24, 2.45) is 0 Å². The summed E-state index contributed by atoms with van der Waals surface area (Å²) in [5.41, 5.74) is 0.609. The molecule has 2 aliphatic rings. The van der Waals surface area contributed by atoms with Crippen LogP contribution in [-0.4, -0.2) is 46.7 Å². The molecule has 0 bridgehead atoms. The highest BCUT2D eigenvalue weighted by atomic mass is 35.5.